The number of H-pyrrole nitrogens is 1. The van der Waals surface area contributed by atoms with Crippen LogP contribution in [0.2, 0.25) is 0 Å². The number of hydrogen-bond donors (Lipinski definition) is 2. The molecule has 0 saturated carbocycles. The molecule has 5 heteroatoms. The Hall–Kier alpha value is -2.35. The lowest BCUT2D eigenvalue weighted by atomic mass is 10.2. The Balaban J connectivity index is 2.67. The molecule has 0 atom stereocenters. The molecule has 5 nitrogen and oxygen atoms in total. The first-order chi connectivity index (χ1) is 6.70. The molecule has 0 saturated heterocycles. The minimum atomic E-state index is -1.04. The van der Waals surface area contributed by atoms with Gasteiger partial charge in [0.1, 0.15) is 17.4 Å². The summed E-state index contributed by atoms with van der Waals surface area (Å²) in [6, 6.07) is 4.97. The Kier molecular flexibility index (Phi) is 1.68. The number of pyridine rings is 1. The minimum Gasteiger partial charge on any atom is -0.477 e. The zero-order valence-corrected chi connectivity index (χ0v) is 6.98. The molecular formula is C9H5N3O2. The summed E-state index contributed by atoms with van der Waals surface area (Å²) in [6.07, 6.45) is 1.39. The van der Waals surface area contributed by atoms with E-state index in [0.717, 1.165) is 0 Å². The van der Waals surface area contributed by atoms with Crippen molar-refractivity contribution in [1.29, 1.82) is 5.26 Å². The lowest BCUT2D eigenvalue weighted by Gasteiger charge is -1.87. The van der Waals surface area contributed by atoms with Gasteiger partial charge in [-0.15, -0.1) is 0 Å². The van der Waals surface area contributed by atoms with Gasteiger partial charge in [0.05, 0.1) is 5.56 Å². The van der Waals surface area contributed by atoms with Gasteiger partial charge in [-0.25, -0.2) is 9.78 Å². The van der Waals surface area contributed by atoms with Crippen LogP contribution in [0.1, 0.15) is 16.1 Å². The Morgan fingerprint density at radius 2 is 2.36 bits per heavy atom. The molecule has 0 unspecified atom stereocenters. The highest BCUT2D eigenvalue weighted by Crippen LogP contribution is 2.14. The molecule has 68 valence electrons. The lowest BCUT2D eigenvalue weighted by molar-refractivity contribution is 0.0691. The topological polar surface area (TPSA) is 89.8 Å². The summed E-state index contributed by atoms with van der Waals surface area (Å²) >= 11 is 0. The molecule has 2 aromatic rings. The van der Waals surface area contributed by atoms with Crippen LogP contribution in [0.3, 0.4) is 0 Å². The standard InChI is InChI=1S/C9H5N3O2/c10-3-5-1-6-2-7(9(13)14)12-8(6)11-4-5/h1-2,4H,(H,11,12)(H,13,14). The van der Waals surface area contributed by atoms with E-state index in [0.29, 0.717) is 16.6 Å². The SMILES string of the molecule is N#Cc1cnc2[nH]c(C(=O)O)cc2c1. The summed E-state index contributed by atoms with van der Waals surface area (Å²) in [5.41, 5.74) is 0.956. The predicted octanol–water partition coefficient (Wildman–Crippen LogP) is 1.13. The van der Waals surface area contributed by atoms with Crippen molar-refractivity contribution in [1.82, 2.24) is 9.97 Å². The van der Waals surface area contributed by atoms with Crippen molar-refractivity contribution in [3.05, 3.63) is 29.6 Å². The molecule has 2 heterocycles. The van der Waals surface area contributed by atoms with Gasteiger partial charge in [-0.3, -0.25) is 0 Å². The third-order valence-corrected chi connectivity index (χ3v) is 1.83. The van der Waals surface area contributed by atoms with Crippen LogP contribution in [-0.4, -0.2) is 21.0 Å². The minimum absolute atomic E-state index is 0.0718. The fourth-order valence-corrected chi connectivity index (χ4v) is 1.19. The van der Waals surface area contributed by atoms with E-state index in [9.17, 15) is 4.79 Å². The Labute approximate surface area is 78.6 Å². The largest absolute Gasteiger partial charge is 0.477 e. The van der Waals surface area contributed by atoms with Crippen molar-refractivity contribution in [3.63, 3.8) is 0 Å². The first-order valence-electron chi connectivity index (χ1n) is 3.83. The van der Waals surface area contributed by atoms with E-state index in [4.69, 9.17) is 10.4 Å². The van der Waals surface area contributed by atoms with Gasteiger partial charge in [-0.05, 0) is 12.1 Å². The van der Waals surface area contributed by atoms with Crippen molar-refractivity contribution < 1.29 is 9.90 Å². The Bertz CT molecular complexity index is 551. The average Bonchev–Trinajstić information content (AvgIpc) is 2.59. The van der Waals surface area contributed by atoms with E-state index < -0.39 is 5.97 Å². The number of carboxylic acid groups (broad SMARTS) is 1. The van der Waals surface area contributed by atoms with E-state index in [-0.39, 0.29) is 5.69 Å². The van der Waals surface area contributed by atoms with Gasteiger partial charge < -0.3 is 10.1 Å². The second-order valence-electron chi connectivity index (χ2n) is 2.76. The Morgan fingerprint density at radius 1 is 1.57 bits per heavy atom. The number of aromatic carboxylic acids is 1. The Morgan fingerprint density at radius 3 is 3.00 bits per heavy atom. The quantitative estimate of drug-likeness (QED) is 0.700. The number of nitrogens with one attached hydrogen (secondary N) is 1. The van der Waals surface area contributed by atoms with Gasteiger partial charge in [0.25, 0.3) is 0 Å². The zero-order valence-electron chi connectivity index (χ0n) is 6.98. The van der Waals surface area contributed by atoms with Crippen LogP contribution in [0.5, 0.6) is 0 Å². The highest BCUT2D eigenvalue weighted by molar-refractivity contribution is 5.92. The first kappa shape index (κ1) is 8.26. The number of hydrogen-bond acceptors (Lipinski definition) is 3. The highest BCUT2D eigenvalue weighted by atomic mass is 16.4. The average molecular weight is 187 g/mol. The highest BCUT2D eigenvalue weighted by Gasteiger charge is 2.08. The zero-order chi connectivity index (χ0) is 10.1. The fraction of sp³-hybridized carbons (Fsp3) is 0. The van der Waals surface area contributed by atoms with Gasteiger partial charge >= 0.3 is 5.97 Å². The third kappa shape index (κ3) is 1.19. The molecule has 0 radical (unpaired) electrons. The summed E-state index contributed by atoms with van der Waals surface area (Å²) in [5.74, 6) is -1.04. The second-order valence-corrected chi connectivity index (χ2v) is 2.76. The second kappa shape index (κ2) is 2.85. The molecule has 0 aliphatic heterocycles. The summed E-state index contributed by atoms with van der Waals surface area (Å²) in [7, 11) is 0. The van der Waals surface area contributed by atoms with Gasteiger partial charge in [0.2, 0.25) is 0 Å². The summed E-state index contributed by atoms with van der Waals surface area (Å²) in [5, 5.41) is 17.9. The lowest BCUT2D eigenvalue weighted by Crippen LogP contribution is -1.94. The fourth-order valence-electron chi connectivity index (χ4n) is 1.19. The summed E-state index contributed by atoms with van der Waals surface area (Å²) < 4.78 is 0. The number of carboxylic acids is 1. The van der Waals surface area contributed by atoms with Crippen molar-refractivity contribution in [3.8, 4) is 6.07 Å². The number of carbonyl (C=O) groups is 1. The number of fused-ring (bicyclic) bond motifs is 1. The smallest absolute Gasteiger partial charge is 0.352 e. The molecule has 0 amide bonds. The van der Waals surface area contributed by atoms with Crippen molar-refractivity contribution in [2.75, 3.05) is 0 Å². The summed E-state index contributed by atoms with van der Waals surface area (Å²) in [6.45, 7) is 0. The molecule has 14 heavy (non-hydrogen) atoms. The molecule has 0 spiro atoms. The number of nitrogens with zero attached hydrogens (tertiary/aromatic N) is 2. The molecule has 2 aromatic heterocycles. The molecule has 2 rings (SSSR count). The van der Waals surface area contributed by atoms with E-state index in [1.165, 1.54) is 12.3 Å². The van der Waals surface area contributed by atoms with E-state index in [1.807, 2.05) is 6.07 Å². The third-order valence-electron chi connectivity index (χ3n) is 1.83. The maximum atomic E-state index is 10.6. The van der Waals surface area contributed by atoms with E-state index in [1.54, 1.807) is 6.07 Å². The molecular weight excluding hydrogens is 182 g/mol. The predicted molar refractivity (Wildman–Crippen MR) is 47.8 cm³/mol. The van der Waals surface area contributed by atoms with Crippen LogP contribution in [-0.2, 0) is 0 Å². The van der Waals surface area contributed by atoms with Crippen molar-refractivity contribution in [2.45, 2.75) is 0 Å². The van der Waals surface area contributed by atoms with Crippen molar-refractivity contribution in [2.24, 2.45) is 0 Å². The molecule has 0 fully saturated rings. The normalized spacial score (nSPS) is 9.93. The van der Waals surface area contributed by atoms with Crippen LogP contribution in [0.15, 0.2) is 18.3 Å². The molecule has 2 N–H and O–H groups in total. The van der Waals surface area contributed by atoms with Crippen molar-refractivity contribution >= 4 is 17.0 Å². The molecule has 0 aromatic carbocycles. The monoisotopic (exact) mass is 187 g/mol. The van der Waals surface area contributed by atoms with Crippen LogP contribution in [0.25, 0.3) is 11.0 Å². The maximum absolute atomic E-state index is 10.6. The van der Waals surface area contributed by atoms with Crippen LogP contribution in [0, 0.1) is 11.3 Å². The van der Waals surface area contributed by atoms with Crippen LogP contribution >= 0.6 is 0 Å². The van der Waals surface area contributed by atoms with E-state index >= 15 is 0 Å². The maximum Gasteiger partial charge on any atom is 0.352 e. The molecule has 0 aliphatic carbocycles. The van der Waals surface area contributed by atoms with E-state index in [2.05, 4.69) is 9.97 Å². The van der Waals surface area contributed by atoms with Gasteiger partial charge in [-0.2, -0.15) is 5.26 Å². The van der Waals surface area contributed by atoms with Gasteiger partial charge in [0.15, 0.2) is 0 Å². The first-order valence-corrected chi connectivity index (χ1v) is 3.83. The van der Waals surface area contributed by atoms with Crippen LogP contribution in [0.4, 0.5) is 0 Å². The number of nitriles is 1. The number of aromatic nitrogens is 2. The van der Waals surface area contributed by atoms with Gasteiger partial charge in [-0.1, -0.05) is 0 Å². The van der Waals surface area contributed by atoms with Crippen LogP contribution < -0.4 is 0 Å². The molecule has 0 aliphatic rings. The van der Waals surface area contributed by atoms with Gasteiger partial charge in [0, 0.05) is 11.6 Å². The number of rotatable bonds is 1. The summed E-state index contributed by atoms with van der Waals surface area (Å²) in [4.78, 5) is 17.1. The molecule has 0 bridgehead atoms. The number of aromatic amines is 1.